The molecule has 0 aliphatic carbocycles. The molecule has 0 unspecified atom stereocenters. The summed E-state index contributed by atoms with van der Waals surface area (Å²) >= 11 is 0. The Morgan fingerprint density at radius 2 is 1.74 bits per heavy atom. The molecule has 19 heavy (non-hydrogen) atoms. The summed E-state index contributed by atoms with van der Waals surface area (Å²) in [4.78, 5) is 26.5. The zero-order valence-corrected chi connectivity index (χ0v) is 12.2. The molecular weight excluding hydrogens is 248 g/mol. The lowest BCUT2D eigenvalue weighted by Crippen LogP contribution is -2.54. The third-order valence-corrected chi connectivity index (χ3v) is 3.08. The number of ether oxygens (including phenoxy) is 1. The highest BCUT2D eigenvalue weighted by molar-refractivity contribution is 5.73. The minimum Gasteiger partial charge on any atom is -0.480 e. The van der Waals surface area contributed by atoms with Crippen LogP contribution in [-0.4, -0.2) is 64.8 Å². The van der Waals surface area contributed by atoms with E-state index < -0.39 is 17.6 Å². The zero-order chi connectivity index (χ0) is 14.6. The second-order valence-corrected chi connectivity index (χ2v) is 5.77. The third kappa shape index (κ3) is 4.70. The Labute approximate surface area is 114 Å². The van der Waals surface area contributed by atoms with Gasteiger partial charge in [-0.05, 0) is 27.2 Å². The molecule has 1 aliphatic heterocycles. The molecular formula is C13H24N2O4. The SMILES string of the molecule is CC[C@@H](C(=O)O)N1CCN(C(=O)OC(C)(C)C)CC1. The van der Waals surface area contributed by atoms with Crippen LogP contribution in [0.1, 0.15) is 34.1 Å². The van der Waals surface area contributed by atoms with Gasteiger partial charge in [-0.25, -0.2) is 4.79 Å². The van der Waals surface area contributed by atoms with E-state index in [0.29, 0.717) is 32.6 Å². The van der Waals surface area contributed by atoms with Crippen molar-refractivity contribution in [2.75, 3.05) is 26.2 Å². The van der Waals surface area contributed by atoms with Crippen molar-refractivity contribution < 1.29 is 19.4 Å². The third-order valence-electron chi connectivity index (χ3n) is 3.08. The first-order chi connectivity index (χ1) is 8.74. The smallest absolute Gasteiger partial charge is 0.410 e. The number of carbonyl (C=O) groups is 2. The van der Waals surface area contributed by atoms with Crippen LogP contribution in [0, 0.1) is 0 Å². The summed E-state index contributed by atoms with van der Waals surface area (Å²) in [6.45, 7) is 9.53. The molecule has 1 aliphatic rings. The van der Waals surface area contributed by atoms with Gasteiger partial charge in [0.15, 0.2) is 0 Å². The number of carboxylic acid groups (broad SMARTS) is 1. The van der Waals surface area contributed by atoms with Gasteiger partial charge in [0.05, 0.1) is 0 Å². The van der Waals surface area contributed by atoms with E-state index in [-0.39, 0.29) is 6.09 Å². The summed E-state index contributed by atoms with van der Waals surface area (Å²) in [6, 6.07) is -0.458. The van der Waals surface area contributed by atoms with Crippen LogP contribution in [0.3, 0.4) is 0 Å². The van der Waals surface area contributed by atoms with Gasteiger partial charge < -0.3 is 14.7 Å². The van der Waals surface area contributed by atoms with Gasteiger partial charge in [0.1, 0.15) is 11.6 Å². The van der Waals surface area contributed by atoms with E-state index in [1.807, 2.05) is 32.6 Å². The van der Waals surface area contributed by atoms with E-state index in [1.54, 1.807) is 4.90 Å². The van der Waals surface area contributed by atoms with Gasteiger partial charge in [-0.3, -0.25) is 9.69 Å². The first-order valence-electron chi connectivity index (χ1n) is 6.69. The Balaban J connectivity index is 2.49. The van der Waals surface area contributed by atoms with Crippen LogP contribution in [0.2, 0.25) is 0 Å². The van der Waals surface area contributed by atoms with Crippen molar-refractivity contribution >= 4 is 12.1 Å². The van der Waals surface area contributed by atoms with E-state index in [2.05, 4.69) is 0 Å². The van der Waals surface area contributed by atoms with Crippen LogP contribution in [0.4, 0.5) is 4.79 Å². The quantitative estimate of drug-likeness (QED) is 0.841. The predicted octanol–water partition coefficient (Wildman–Crippen LogP) is 1.40. The maximum absolute atomic E-state index is 11.9. The zero-order valence-electron chi connectivity index (χ0n) is 12.2. The van der Waals surface area contributed by atoms with Crippen molar-refractivity contribution in [2.24, 2.45) is 0 Å². The Kier molecular flexibility index (Phi) is 5.17. The van der Waals surface area contributed by atoms with Gasteiger partial charge in [0.2, 0.25) is 0 Å². The van der Waals surface area contributed by atoms with Gasteiger partial charge in [-0.15, -0.1) is 0 Å². The number of rotatable bonds is 3. The van der Waals surface area contributed by atoms with Crippen molar-refractivity contribution in [3.63, 3.8) is 0 Å². The van der Waals surface area contributed by atoms with E-state index in [1.165, 1.54) is 0 Å². The fraction of sp³-hybridized carbons (Fsp3) is 0.846. The van der Waals surface area contributed by atoms with Gasteiger partial charge >= 0.3 is 12.1 Å². The molecule has 0 aromatic heterocycles. The van der Waals surface area contributed by atoms with Crippen molar-refractivity contribution in [3.8, 4) is 0 Å². The molecule has 0 aromatic rings. The van der Waals surface area contributed by atoms with E-state index in [4.69, 9.17) is 9.84 Å². The van der Waals surface area contributed by atoms with E-state index in [0.717, 1.165) is 0 Å². The molecule has 1 amide bonds. The summed E-state index contributed by atoms with van der Waals surface area (Å²) in [7, 11) is 0. The van der Waals surface area contributed by atoms with Crippen LogP contribution in [0.25, 0.3) is 0 Å². The lowest BCUT2D eigenvalue weighted by Gasteiger charge is -2.37. The van der Waals surface area contributed by atoms with Crippen molar-refractivity contribution in [1.29, 1.82) is 0 Å². The molecule has 110 valence electrons. The van der Waals surface area contributed by atoms with E-state index in [9.17, 15) is 9.59 Å². The van der Waals surface area contributed by atoms with Gasteiger partial charge in [-0.2, -0.15) is 0 Å². The molecule has 1 rings (SSSR count). The standard InChI is InChI=1S/C13H24N2O4/c1-5-10(11(16)17)14-6-8-15(9-7-14)12(18)19-13(2,3)4/h10H,5-9H2,1-4H3,(H,16,17)/t10-/m0/s1. The molecule has 1 saturated heterocycles. The highest BCUT2D eigenvalue weighted by atomic mass is 16.6. The molecule has 1 N–H and O–H groups in total. The lowest BCUT2D eigenvalue weighted by molar-refractivity contribution is -0.144. The predicted molar refractivity (Wildman–Crippen MR) is 71.1 cm³/mol. The monoisotopic (exact) mass is 272 g/mol. The number of amides is 1. The topological polar surface area (TPSA) is 70.1 Å². The Morgan fingerprint density at radius 1 is 1.21 bits per heavy atom. The second kappa shape index (κ2) is 6.23. The maximum atomic E-state index is 11.9. The molecule has 6 heteroatoms. The van der Waals surface area contributed by atoms with Crippen molar-refractivity contribution in [3.05, 3.63) is 0 Å². The molecule has 1 heterocycles. The average molecular weight is 272 g/mol. The van der Waals surface area contributed by atoms with Crippen molar-refractivity contribution in [2.45, 2.75) is 45.8 Å². The van der Waals surface area contributed by atoms with Gasteiger partial charge in [-0.1, -0.05) is 6.92 Å². The number of hydrogen-bond donors (Lipinski definition) is 1. The molecule has 0 aromatic carbocycles. The van der Waals surface area contributed by atoms with Crippen molar-refractivity contribution in [1.82, 2.24) is 9.80 Å². The van der Waals surface area contributed by atoms with E-state index >= 15 is 0 Å². The van der Waals surface area contributed by atoms with Crippen LogP contribution in [-0.2, 0) is 9.53 Å². The maximum Gasteiger partial charge on any atom is 0.410 e. The fourth-order valence-electron chi connectivity index (χ4n) is 2.13. The summed E-state index contributed by atoms with van der Waals surface area (Å²) < 4.78 is 5.30. The van der Waals surface area contributed by atoms with Gasteiger partial charge in [0, 0.05) is 26.2 Å². The van der Waals surface area contributed by atoms with Crippen LogP contribution < -0.4 is 0 Å². The number of carboxylic acids is 1. The second-order valence-electron chi connectivity index (χ2n) is 5.77. The Bertz CT molecular complexity index is 330. The molecule has 1 fully saturated rings. The molecule has 0 bridgehead atoms. The Morgan fingerprint density at radius 3 is 2.11 bits per heavy atom. The molecule has 0 spiro atoms. The van der Waals surface area contributed by atoms with Crippen LogP contribution in [0.15, 0.2) is 0 Å². The molecule has 0 radical (unpaired) electrons. The highest BCUT2D eigenvalue weighted by Gasteiger charge is 2.30. The molecule has 0 saturated carbocycles. The number of hydrogen-bond acceptors (Lipinski definition) is 4. The average Bonchev–Trinajstić information content (AvgIpc) is 2.28. The first kappa shape index (κ1) is 15.8. The Hall–Kier alpha value is -1.30. The number of nitrogens with zero attached hydrogens (tertiary/aromatic N) is 2. The fourth-order valence-corrected chi connectivity index (χ4v) is 2.13. The highest BCUT2D eigenvalue weighted by Crippen LogP contribution is 2.14. The summed E-state index contributed by atoms with van der Waals surface area (Å²) in [5, 5.41) is 9.11. The number of piperazine rings is 1. The largest absolute Gasteiger partial charge is 0.480 e. The van der Waals surface area contributed by atoms with Crippen LogP contribution in [0.5, 0.6) is 0 Å². The number of aliphatic carboxylic acids is 1. The lowest BCUT2D eigenvalue weighted by atomic mass is 10.1. The normalized spacial score (nSPS) is 19.1. The molecule has 6 nitrogen and oxygen atoms in total. The minimum absolute atomic E-state index is 0.324. The minimum atomic E-state index is -0.798. The summed E-state index contributed by atoms with van der Waals surface area (Å²) in [5.41, 5.74) is -0.499. The van der Waals surface area contributed by atoms with Crippen LogP contribution >= 0.6 is 0 Å². The summed E-state index contributed by atoms with van der Waals surface area (Å²) in [5.74, 6) is -0.798. The van der Waals surface area contributed by atoms with Gasteiger partial charge in [0.25, 0.3) is 0 Å². The summed E-state index contributed by atoms with van der Waals surface area (Å²) in [6.07, 6.45) is 0.248. The first-order valence-corrected chi connectivity index (χ1v) is 6.69. The number of carbonyl (C=O) groups excluding carboxylic acids is 1. The molecule has 1 atom stereocenters.